The Hall–Kier alpha value is -1.12. The van der Waals surface area contributed by atoms with Gasteiger partial charge in [-0.15, -0.1) is 0 Å². The number of aryl methyl sites for hydroxylation is 1. The van der Waals surface area contributed by atoms with Crippen LogP contribution in [0.25, 0.3) is 0 Å². The molecular formula is C10H16N2O. The zero-order valence-electron chi connectivity index (χ0n) is 8.45. The van der Waals surface area contributed by atoms with Gasteiger partial charge < -0.3 is 0 Å². The minimum absolute atomic E-state index is 0.00843. The Morgan fingerprint density at radius 3 is 2.85 bits per heavy atom. The van der Waals surface area contributed by atoms with E-state index in [0.29, 0.717) is 5.92 Å². The summed E-state index contributed by atoms with van der Waals surface area (Å²) in [6, 6.07) is 3.32. The van der Waals surface area contributed by atoms with Crippen molar-refractivity contribution in [2.24, 2.45) is 5.92 Å². The molecule has 0 aromatic carbocycles. The lowest BCUT2D eigenvalue weighted by Crippen LogP contribution is -2.25. The van der Waals surface area contributed by atoms with Crippen molar-refractivity contribution >= 4 is 0 Å². The highest BCUT2D eigenvalue weighted by atomic mass is 16.1. The Morgan fingerprint density at radius 2 is 2.23 bits per heavy atom. The second-order valence-corrected chi connectivity index (χ2v) is 3.51. The van der Waals surface area contributed by atoms with Gasteiger partial charge in [-0.05, 0) is 18.9 Å². The summed E-state index contributed by atoms with van der Waals surface area (Å²) in [6.45, 7) is 6.85. The Labute approximate surface area is 78.4 Å². The number of hydrogen-bond donors (Lipinski definition) is 0. The van der Waals surface area contributed by atoms with Crippen LogP contribution in [0.15, 0.2) is 16.9 Å². The number of aromatic nitrogens is 2. The molecule has 0 amide bonds. The maximum atomic E-state index is 11.3. The lowest BCUT2D eigenvalue weighted by molar-refractivity contribution is 0.422. The maximum absolute atomic E-state index is 11.3. The van der Waals surface area contributed by atoms with Crippen molar-refractivity contribution in [2.45, 2.75) is 33.7 Å². The minimum Gasteiger partial charge on any atom is -0.268 e. The fraction of sp³-hybridized carbons (Fsp3) is 0.600. The lowest BCUT2D eigenvalue weighted by atomic mass is 10.1. The summed E-state index contributed by atoms with van der Waals surface area (Å²) < 4.78 is 1.55. The van der Waals surface area contributed by atoms with E-state index < -0.39 is 0 Å². The van der Waals surface area contributed by atoms with Crippen molar-refractivity contribution in [2.75, 3.05) is 0 Å². The van der Waals surface area contributed by atoms with Crippen LogP contribution in [-0.4, -0.2) is 9.78 Å². The second kappa shape index (κ2) is 4.21. The molecule has 0 radical (unpaired) electrons. The largest absolute Gasteiger partial charge is 0.268 e. The maximum Gasteiger partial charge on any atom is 0.266 e. The van der Waals surface area contributed by atoms with Crippen LogP contribution < -0.4 is 5.56 Å². The zero-order valence-corrected chi connectivity index (χ0v) is 8.45. The zero-order chi connectivity index (χ0) is 9.84. The highest BCUT2D eigenvalue weighted by Crippen LogP contribution is 2.01. The van der Waals surface area contributed by atoms with E-state index in [2.05, 4.69) is 18.9 Å². The highest BCUT2D eigenvalue weighted by Gasteiger charge is 2.02. The average Bonchev–Trinajstić information content (AvgIpc) is 2.11. The van der Waals surface area contributed by atoms with E-state index in [9.17, 15) is 4.79 Å². The van der Waals surface area contributed by atoms with E-state index in [0.717, 1.165) is 18.7 Å². The topological polar surface area (TPSA) is 34.9 Å². The standard InChI is InChI=1S/C10H16N2O/c1-4-8(2)7-12-10(13)6-5-9(3)11-12/h5-6,8H,4,7H2,1-3H3. The first-order valence-electron chi connectivity index (χ1n) is 4.68. The molecular weight excluding hydrogens is 164 g/mol. The van der Waals surface area contributed by atoms with Crippen LogP contribution in [0.5, 0.6) is 0 Å². The molecule has 0 fully saturated rings. The molecule has 1 aromatic rings. The Morgan fingerprint density at radius 1 is 1.54 bits per heavy atom. The molecule has 0 aliphatic heterocycles. The molecule has 1 heterocycles. The fourth-order valence-corrected chi connectivity index (χ4v) is 1.11. The molecule has 1 unspecified atom stereocenters. The number of nitrogens with zero attached hydrogens (tertiary/aromatic N) is 2. The van der Waals surface area contributed by atoms with Gasteiger partial charge in [-0.3, -0.25) is 4.79 Å². The smallest absolute Gasteiger partial charge is 0.266 e. The monoisotopic (exact) mass is 180 g/mol. The van der Waals surface area contributed by atoms with Crippen LogP contribution in [0.4, 0.5) is 0 Å². The van der Waals surface area contributed by atoms with E-state index in [1.54, 1.807) is 16.8 Å². The number of hydrogen-bond acceptors (Lipinski definition) is 2. The fourth-order valence-electron chi connectivity index (χ4n) is 1.11. The molecule has 0 saturated heterocycles. The molecule has 3 nitrogen and oxygen atoms in total. The first-order chi connectivity index (χ1) is 6.13. The third-order valence-corrected chi connectivity index (χ3v) is 2.18. The van der Waals surface area contributed by atoms with Gasteiger partial charge in [0.1, 0.15) is 0 Å². The van der Waals surface area contributed by atoms with E-state index >= 15 is 0 Å². The van der Waals surface area contributed by atoms with Crippen LogP contribution in [0.3, 0.4) is 0 Å². The molecule has 0 aliphatic rings. The molecule has 13 heavy (non-hydrogen) atoms. The quantitative estimate of drug-likeness (QED) is 0.708. The second-order valence-electron chi connectivity index (χ2n) is 3.51. The summed E-state index contributed by atoms with van der Waals surface area (Å²) in [5.74, 6) is 0.506. The summed E-state index contributed by atoms with van der Waals surface area (Å²) >= 11 is 0. The van der Waals surface area contributed by atoms with E-state index in [-0.39, 0.29) is 5.56 Å². The van der Waals surface area contributed by atoms with Crippen LogP contribution in [0.1, 0.15) is 26.0 Å². The van der Waals surface area contributed by atoms with Gasteiger partial charge in [0, 0.05) is 12.6 Å². The molecule has 72 valence electrons. The third-order valence-electron chi connectivity index (χ3n) is 2.18. The average molecular weight is 180 g/mol. The van der Waals surface area contributed by atoms with E-state index in [1.165, 1.54) is 0 Å². The molecule has 0 spiro atoms. The van der Waals surface area contributed by atoms with E-state index in [1.807, 2.05) is 6.92 Å². The molecule has 0 bridgehead atoms. The molecule has 1 atom stereocenters. The molecule has 1 rings (SSSR count). The van der Waals surface area contributed by atoms with Crippen molar-refractivity contribution < 1.29 is 0 Å². The Balaban J connectivity index is 2.87. The molecule has 0 saturated carbocycles. The summed E-state index contributed by atoms with van der Waals surface area (Å²) in [6.07, 6.45) is 1.07. The SMILES string of the molecule is CCC(C)Cn1nc(C)ccc1=O. The Kier molecular flexibility index (Phi) is 3.23. The summed E-state index contributed by atoms with van der Waals surface area (Å²) in [5, 5.41) is 4.16. The van der Waals surface area contributed by atoms with Gasteiger partial charge in [-0.2, -0.15) is 5.10 Å². The molecule has 0 N–H and O–H groups in total. The van der Waals surface area contributed by atoms with Gasteiger partial charge in [0.05, 0.1) is 5.69 Å². The normalized spacial score (nSPS) is 12.8. The van der Waals surface area contributed by atoms with Gasteiger partial charge in [-0.25, -0.2) is 4.68 Å². The van der Waals surface area contributed by atoms with Crippen molar-refractivity contribution in [1.29, 1.82) is 0 Å². The predicted octanol–water partition coefficient (Wildman–Crippen LogP) is 1.60. The van der Waals surface area contributed by atoms with Gasteiger partial charge in [-0.1, -0.05) is 20.3 Å². The van der Waals surface area contributed by atoms with Crippen molar-refractivity contribution in [3.8, 4) is 0 Å². The summed E-state index contributed by atoms with van der Waals surface area (Å²) in [5.41, 5.74) is 0.883. The van der Waals surface area contributed by atoms with Crippen LogP contribution in [0, 0.1) is 12.8 Å². The predicted molar refractivity (Wildman–Crippen MR) is 52.7 cm³/mol. The van der Waals surface area contributed by atoms with Crippen molar-refractivity contribution in [3.63, 3.8) is 0 Å². The molecule has 0 aliphatic carbocycles. The van der Waals surface area contributed by atoms with Crippen LogP contribution in [-0.2, 0) is 6.54 Å². The van der Waals surface area contributed by atoms with Crippen LogP contribution >= 0.6 is 0 Å². The summed E-state index contributed by atoms with van der Waals surface area (Å²) in [4.78, 5) is 11.3. The van der Waals surface area contributed by atoms with Gasteiger partial charge in [0.25, 0.3) is 5.56 Å². The minimum atomic E-state index is -0.00843. The third kappa shape index (κ3) is 2.68. The van der Waals surface area contributed by atoms with Crippen molar-refractivity contribution in [1.82, 2.24) is 9.78 Å². The summed E-state index contributed by atoms with van der Waals surface area (Å²) in [7, 11) is 0. The first-order valence-corrected chi connectivity index (χ1v) is 4.68. The van der Waals surface area contributed by atoms with Gasteiger partial charge in [0.15, 0.2) is 0 Å². The lowest BCUT2D eigenvalue weighted by Gasteiger charge is -2.09. The van der Waals surface area contributed by atoms with Crippen molar-refractivity contribution in [3.05, 3.63) is 28.2 Å². The molecule has 1 aromatic heterocycles. The number of rotatable bonds is 3. The van der Waals surface area contributed by atoms with Crippen LogP contribution in [0.2, 0.25) is 0 Å². The highest BCUT2D eigenvalue weighted by molar-refractivity contribution is 4.97. The van der Waals surface area contributed by atoms with Gasteiger partial charge >= 0.3 is 0 Å². The molecule has 3 heteroatoms. The Bertz CT molecular complexity index is 330. The first kappa shape index (κ1) is 9.96. The van der Waals surface area contributed by atoms with E-state index in [4.69, 9.17) is 0 Å². The van der Waals surface area contributed by atoms with Gasteiger partial charge in [0.2, 0.25) is 0 Å².